The highest BCUT2D eigenvalue weighted by atomic mass is 32.2. The molecule has 0 saturated carbocycles. The number of carbonyl (C=O) groups excluding carboxylic acids is 2. The lowest BCUT2D eigenvalue weighted by molar-refractivity contribution is -0.172. The SMILES string of the molecule is CO[C@H]1[C@@H](OC(C)=O)[C@H](n2cnc3c(=O)[nH]c(NC(=O)C(C)C)nc32)O[C@@]1(CO[Si](c1ccccc1)(c1ccccc1)C(C)(C)C)[C@@H](C)OS(C)(=O)=O. The summed E-state index contributed by atoms with van der Waals surface area (Å²) >= 11 is 0. The number of hydrogen-bond acceptors (Lipinski definition) is 12. The standard InChI is InChI=1S/C36H47N5O10SSi/c1-22(2)31(43)39-34-38-30-27(32(44)40-34)37-21-41(30)33-28(49-24(4)42)29(47-8)36(50-33,23(3)51-52(9,45)46)20-48-53(35(5,6)7,25-16-12-10-13-17-25)26-18-14-11-15-19-26/h10-19,21-23,28-29,33H,20H2,1-9H3,(H2,38,39,40,43,44)/t23-,28-,29+,33-,36+/m1/s1. The van der Waals surface area contributed by atoms with Crippen molar-refractivity contribution in [2.75, 3.05) is 25.3 Å². The van der Waals surface area contributed by atoms with Crippen LogP contribution in [0.25, 0.3) is 11.2 Å². The number of amides is 1. The van der Waals surface area contributed by atoms with Crippen molar-refractivity contribution in [3.8, 4) is 0 Å². The van der Waals surface area contributed by atoms with Crippen molar-refractivity contribution in [3.63, 3.8) is 0 Å². The highest BCUT2D eigenvalue weighted by Gasteiger charge is 2.64. The fraction of sp³-hybridized carbons (Fsp3) is 0.472. The lowest BCUT2D eigenvalue weighted by Gasteiger charge is -2.46. The number of hydrogen-bond donors (Lipinski definition) is 2. The molecule has 5 rings (SSSR count). The largest absolute Gasteiger partial charge is 0.455 e. The smallest absolute Gasteiger partial charge is 0.303 e. The summed E-state index contributed by atoms with van der Waals surface area (Å²) in [7, 11) is -6.02. The Kier molecular flexibility index (Phi) is 11.5. The number of aromatic amines is 1. The summed E-state index contributed by atoms with van der Waals surface area (Å²) in [6, 6.07) is 19.6. The van der Waals surface area contributed by atoms with Crippen LogP contribution in [-0.4, -0.2) is 92.0 Å². The number of carbonyl (C=O) groups is 2. The number of aromatic nitrogens is 4. The average Bonchev–Trinajstić information content (AvgIpc) is 3.63. The first kappa shape index (κ1) is 39.9. The molecule has 2 N–H and O–H groups in total. The molecule has 5 atom stereocenters. The molecule has 53 heavy (non-hydrogen) atoms. The second-order valence-corrected chi connectivity index (χ2v) is 20.4. The molecule has 2 aromatic carbocycles. The van der Waals surface area contributed by atoms with Crippen LogP contribution in [0.1, 0.15) is 54.7 Å². The number of esters is 1. The molecule has 0 spiro atoms. The summed E-state index contributed by atoms with van der Waals surface area (Å²) in [5.74, 6) is -1.63. The minimum atomic E-state index is -4.10. The normalized spacial score (nSPS) is 21.5. The van der Waals surface area contributed by atoms with Crippen LogP contribution in [0, 0.1) is 5.92 Å². The molecule has 0 bridgehead atoms. The molecule has 15 nitrogen and oxygen atoms in total. The second kappa shape index (κ2) is 15.2. The highest BCUT2D eigenvalue weighted by Crippen LogP contribution is 2.46. The maximum Gasteiger partial charge on any atom is 0.303 e. The van der Waals surface area contributed by atoms with Crippen molar-refractivity contribution in [3.05, 3.63) is 77.3 Å². The van der Waals surface area contributed by atoms with Crippen LogP contribution < -0.4 is 21.2 Å². The number of nitrogens with zero attached hydrogens (tertiary/aromatic N) is 3. The Hall–Kier alpha value is -4.26. The molecule has 1 fully saturated rings. The topological polar surface area (TPSA) is 190 Å². The predicted octanol–water partition coefficient (Wildman–Crippen LogP) is 2.87. The van der Waals surface area contributed by atoms with Gasteiger partial charge in [0.15, 0.2) is 23.5 Å². The van der Waals surface area contributed by atoms with Crippen molar-refractivity contribution in [2.45, 2.75) is 83.6 Å². The van der Waals surface area contributed by atoms with E-state index in [9.17, 15) is 22.8 Å². The summed E-state index contributed by atoms with van der Waals surface area (Å²) in [5, 5.41) is 4.00. The zero-order chi connectivity index (χ0) is 38.9. The van der Waals surface area contributed by atoms with Crippen LogP contribution in [0.4, 0.5) is 5.95 Å². The van der Waals surface area contributed by atoms with Gasteiger partial charge in [0.2, 0.25) is 11.9 Å². The third-order valence-electron chi connectivity index (χ3n) is 9.37. The van der Waals surface area contributed by atoms with E-state index in [0.29, 0.717) is 0 Å². The molecular weight excluding hydrogens is 723 g/mol. The Labute approximate surface area is 309 Å². The van der Waals surface area contributed by atoms with E-state index in [0.717, 1.165) is 16.6 Å². The first-order valence-electron chi connectivity index (χ1n) is 17.1. The van der Waals surface area contributed by atoms with Crippen molar-refractivity contribution in [2.24, 2.45) is 5.92 Å². The fourth-order valence-electron chi connectivity index (χ4n) is 6.97. The van der Waals surface area contributed by atoms with E-state index in [1.807, 2.05) is 60.7 Å². The van der Waals surface area contributed by atoms with Crippen LogP contribution in [0.3, 0.4) is 0 Å². The number of imidazole rings is 1. The molecule has 0 aliphatic carbocycles. The second-order valence-electron chi connectivity index (χ2n) is 14.5. The number of H-pyrrole nitrogens is 1. The average molecular weight is 770 g/mol. The quantitative estimate of drug-likeness (QED) is 0.115. The first-order chi connectivity index (χ1) is 24.8. The van der Waals surface area contributed by atoms with Gasteiger partial charge in [-0.15, -0.1) is 0 Å². The zero-order valence-corrected chi connectivity index (χ0v) is 33.1. The molecular formula is C36H47N5O10SSi. The summed E-state index contributed by atoms with van der Waals surface area (Å²) in [4.78, 5) is 49.7. The maximum absolute atomic E-state index is 13.2. The molecule has 17 heteroatoms. The van der Waals surface area contributed by atoms with E-state index in [1.54, 1.807) is 13.8 Å². The van der Waals surface area contributed by atoms with Crippen LogP contribution >= 0.6 is 0 Å². The van der Waals surface area contributed by atoms with Gasteiger partial charge in [0.05, 0.1) is 19.2 Å². The first-order valence-corrected chi connectivity index (χ1v) is 20.9. The van der Waals surface area contributed by atoms with Crippen LogP contribution in [0.15, 0.2) is 71.8 Å². The van der Waals surface area contributed by atoms with E-state index in [2.05, 4.69) is 41.0 Å². The van der Waals surface area contributed by atoms with Crippen LogP contribution in [0.2, 0.25) is 5.04 Å². The molecule has 1 aliphatic heterocycles. The van der Waals surface area contributed by atoms with Gasteiger partial charge in [-0.25, -0.2) is 4.98 Å². The minimum absolute atomic E-state index is 0.00908. The lowest BCUT2D eigenvalue weighted by atomic mass is 9.90. The summed E-state index contributed by atoms with van der Waals surface area (Å²) < 4.78 is 58.7. The molecule has 0 radical (unpaired) electrons. The van der Waals surface area contributed by atoms with Crippen molar-refractivity contribution in [1.29, 1.82) is 0 Å². The molecule has 1 aliphatic rings. The maximum atomic E-state index is 13.2. The summed E-state index contributed by atoms with van der Waals surface area (Å²) in [6.45, 7) is 12.1. The minimum Gasteiger partial charge on any atom is -0.455 e. The molecule has 2 aromatic heterocycles. The summed E-state index contributed by atoms with van der Waals surface area (Å²) in [5.41, 5.74) is -2.52. The van der Waals surface area contributed by atoms with E-state index in [4.69, 9.17) is 22.8 Å². The van der Waals surface area contributed by atoms with Gasteiger partial charge in [-0.05, 0) is 22.3 Å². The third-order valence-corrected chi connectivity index (χ3v) is 15.0. The third kappa shape index (κ3) is 7.86. The molecule has 4 aromatic rings. The van der Waals surface area contributed by atoms with Gasteiger partial charge in [-0.2, -0.15) is 13.4 Å². The number of nitrogens with one attached hydrogen (secondary N) is 2. The van der Waals surface area contributed by atoms with Gasteiger partial charge in [-0.3, -0.25) is 33.4 Å². The van der Waals surface area contributed by atoms with Gasteiger partial charge in [-0.1, -0.05) is 95.3 Å². The monoisotopic (exact) mass is 769 g/mol. The Bertz CT molecular complexity index is 2060. The van der Waals surface area contributed by atoms with Crippen molar-refractivity contribution in [1.82, 2.24) is 19.5 Å². The van der Waals surface area contributed by atoms with Gasteiger partial charge in [0, 0.05) is 20.0 Å². The number of methoxy groups -OCH3 is 1. The fourth-order valence-corrected chi connectivity index (χ4v) is 12.3. The highest BCUT2D eigenvalue weighted by molar-refractivity contribution is 7.86. The van der Waals surface area contributed by atoms with Gasteiger partial charge in [0.1, 0.15) is 17.8 Å². The Morgan fingerprint density at radius 1 is 1.06 bits per heavy atom. The molecule has 286 valence electrons. The van der Waals surface area contributed by atoms with E-state index >= 15 is 0 Å². The zero-order valence-electron chi connectivity index (χ0n) is 31.3. The van der Waals surface area contributed by atoms with E-state index in [-0.39, 0.29) is 29.6 Å². The lowest BCUT2D eigenvalue weighted by Crippen LogP contribution is -2.69. The molecule has 1 amide bonds. The number of benzene rings is 2. The van der Waals surface area contributed by atoms with Gasteiger partial charge >= 0.3 is 5.97 Å². The van der Waals surface area contributed by atoms with Gasteiger partial charge in [0.25, 0.3) is 24.0 Å². The van der Waals surface area contributed by atoms with Crippen LogP contribution in [-0.2, 0) is 42.5 Å². The number of fused-ring (bicyclic) bond motifs is 1. The van der Waals surface area contributed by atoms with Crippen molar-refractivity contribution >= 4 is 57.8 Å². The molecule has 0 unspecified atom stereocenters. The number of anilines is 1. The van der Waals surface area contributed by atoms with E-state index in [1.165, 1.54) is 31.9 Å². The predicted molar refractivity (Wildman–Crippen MR) is 200 cm³/mol. The number of rotatable bonds is 13. The Morgan fingerprint density at radius 2 is 1.64 bits per heavy atom. The van der Waals surface area contributed by atoms with Gasteiger partial charge < -0.3 is 18.6 Å². The number of ether oxygens (including phenoxy) is 3. The Balaban J connectivity index is 1.72. The summed E-state index contributed by atoms with van der Waals surface area (Å²) in [6.07, 6.45) is -2.84. The molecule has 3 heterocycles. The Morgan fingerprint density at radius 3 is 2.13 bits per heavy atom. The molecule has 1 saturated heterocycles. The van der Waals surface area contributed by atoms with Crippen molar-refractivity contribution < 1.29 is 40.8 Å². The van der Waals surface area contributed by atoms with E-state index < -0.39 is 71.1 Å². The van der Waals surface area contributed by atoms with Crippen LogP contribution in [0.5, 0.6) is 0 Å².